The van der Waals surface area contributed by atoms with Gasteiger partial charge in [0.15, 0.2) is 6.61 Å². The first kappa shape index (κ1) is 20.6. The van der Waals surface area contributed by atoms with E-state index in [-0.39, 0.29) is 18.6 Å². The van der Waals surface area contributed by atoms with E-state index >= 15 is 0 Å². The minimum absolute atomic E-state index is 0.0874. The lowest BCUT2D eigenvalue weighted by Gasteiger charge is -2.28. The molecule has 0 saturated carbocycles. The molecule has 0 aliphatic heterocycles. The van der Waals surface area contributed by atoms with Crippen molar-refractivity contribution in [3.8, 4) is 5.75 Å². The minimum atomic E-state index is -0.615. The Morgan fingerprint density at radius 3 is 2.93 bits per heavy atom. The van der Waals surface area contributed by atoms with Crippen LogP contribution in [0.25, 0.3) is 0 Å². The SMILES string of the molecule is CCOC(=O)COc1cccc2c1C[C@@H](NC[C@H](O)c1cccc(Cl)c1)CC2. The van der Waals surface area contributed by atoms with E-state index in [2.05, 4.69) is 11.4 Å². The normalized spacial score (nSPS) is 16.9. The highest BCUT2D eigenvalue weighted by Crippen LogP contribution is 2.30. The van der Waals surface area contributed by atoms with Crippen LogP contribution in [0, 0.1) is 0 Å². The van der Waals surface area contributed by atoms with Crippen LogP contribution in [0.5, 0.6) is 5.75 Å². The largest absolute Gasteiger partial charge is 0.482 e. The van der Waals surface area contributed by atoms with Crippen molar-refractivity contribution in [3.05, 3.63) is 64.2 Å². The van der Waals surface area contributed by atoms with E-state index in [4.69, 9.17) is 21.1 Å². The van der Waals surface area contributed by atoms with Gasteiger partial charge in [-0.15, -0.1) is 0 Å². The highest BCUT2D eigenvalue weighted by Gasteiger charge is 2.22. The lowest BCUT2D eigenvalue weighted by atomic mass is 9.87. The van der Waals surface area contributed by atoms with Crippen molar-refractivity contribution in [1.29, 1.82) is 0 Å². The van der Waals surface area contributed by atoms with Gasteiger partial charge in [-0.2, -0.15) is 0 Å². The second-order valence-corrected chi connectivity index (χ2v) is 7.34. The molecule has 3 rings (SSSR count). The molecule has 2 aromatic rings. The number of fused-ring (bicyclic) bond motifs is 1. The van der Waals surface area contributed by atoms with E-state index in [1.54, 1.807) is 19.1 Å². The number of rotatable bonds is 8. The van der Waals surface area contributed by atoms with E-state index in [1.807, 2.05) is 24.3 Å². The van der Waals surface area contributed by atoms with Gasteiger partial charge in [0.25, 0.3) is 0 Å². The van der Waals surface area contributed by atoms with Crippen LogP contribution in [-0.2, 0) is 22.4 Å². The Kier molecular flexibility index (Phi) is 7.31. The molecule has 1 aliphatic rings. The Hall–Kier alpha value is -2.08. The number of halogens is 1. The van der Waals surface area contributed by atoms with Gasteiger partial charge in [0.05, 0.1) is 12.7 Å². The van der Waals surface area contributed by atoms with Gasteiger partial charge >= 0.3 is 5.97 Å². The molecule has 0 aromatic heterocycles. The first-order valence-corrected chi connectivity index (χ1v) is 10.0. The molecule has 0 spiro atoms. The average molecular weight is 404 g/mol. The summed E-state index contributed by atoms with van der Waals surface area (Å²) >= 11 is 6.00. The topological polar surface area (TPSA) is 67.8 Å². The summed E-state index contributed by atoms with van der Waals surface area (Å²) in [5, 5.41) is 14.5. The molecule has 0 radical (unpaired) electrons. The van der Waals surface area contributed by atoms with E-state index in [0.717, 1.165) is 36.1 Å². The number of nitrogens with one attached hydrogen (secondary N) is 1. The summed E-state index contributed by atoms with van der Waals surface area (Å²) in [5.41, 5.74) is 3.16. The maximum Gasteiger partial charge on any atom is 0.344 e. The summed E-state index contributed by atoms with van der Waals surface area (Å²) in [4.78, 5) is 11.6. The highest BCUT2D eigenvalue weighted by atomic mass is 35.5. The van der Waals surface area contributed by atoms with Crippen LogP contribution in [0.2, 0.25) is 5.02 Å². The Morgan fingerprint density at radius 1 is 1.32 bits per heavy atom. The Bertz CT molecular complexity index is 811. The molecular weight excluding hydrogens is 378 g/mol. The summed E-state index contributed by atoms with van der Waals surface area (Å²) in [7, 11) is 0. The quantitative estimate of drug-likeness (QED) is 0.660. The van der Waals surface area contributed by atoms with Crippen molar-refractivity contribution in [2.75, 3.05) is 19.8 Å². The molecule has 2 N–H and O–H groups in total. The molecule has 0 fully saturated rings. The third kappa shape index (κ3) is 5.47. The first-order valence-electron chi connectivity index (χ1n) is 9.63. The standard InChI is InChI=1S/C22H26ClNO4/c1-2-27-22(26)14-28-21-8-4-5-15-9-10-18(12-19(15)21)24-13-20(25)16-6-3-7-17(23)11-16/h3-8,11,18,20,24-25H,2,9-10,12-14H2,1H3/t18-,20-/m0/s1. The van der Waals surface area contributed by atoms with Crippen molar-refractivity contribution in [2.24, 2.45) is 0 Å². The lowest BCUT2D eigenvalue weighted by molar-refractivity contribution is -0.145. The summed E-state index contributed by atoms with van der Waals surface area (Å²) in [6.45, 7) is 2.48. The van der Waals surface area contributed by atoms with Gasteiger partial charge in [0, 0.05) is 17.6 Å². The summed E-state index contributed by atoms with van der Waals surface area (Å²) < 4.78 is 10.6. The van der Waals surface area contributed by atoms with Crippen LogP contribution in [0.4, 0.5) is 0 Å². The molecule has 0 bridgehead atoms. The van der Waals surface area contributed by atoms with E-state index in [0.29, 0.717) is 18.2 Å². The molecule has 28 heavy (non-hydrogen) atoms. The summed E-state index contributed by atoms with van der Waals surface area (Å²) in [6, 6.07) is 13.5. The number of aliphatic hydroxyl groups excluding tert-OH is 1. The average Bonchev–Trinajstić information content (AvgIpc) is 2.70. The van der Waals surface area contributed by atoms with Gasteiger partial charge < -0.3 is 19.9 Å². The number of carbonyl (C=O) groups excluding carboxylic acids is 1. The van der Waals surface area contributed by atoms with Crippen LogP contribution < -0.4 is 10.1 Å². The van der Waals surface area contributed by atoms with Gasteiger partial charge in [-0.1, -0.05) is 35.9 Å². The second kappa shape index (κ2) is 9.92. The molecule has 0 amide bonds. The van der Waals surface area contributed by atoms with Crippen molar-refractivity contribution in [2.45, 2.75) is 38.3 Å². The molecule has 6 heteroatoms. The third-order valence-corrected chi connectivity index (χ3v) is 5.16. The number of aryl methyl sites for hydroxylation is 1. The number of hydrogen-bond donors (Lipinski definition) is 2. The van der Waals surface area contributed by atoms with E-state index in [9.17, 15) is 9.90 Å². The van der Waals surface area contributed by atoms with Crippen LogP contribution in [0.3, 0.4) is 0 Å². The number of carbonyl (C=O) groups is 1. The van der Waals surface area contributed by atoms with Gasteiger partial charge in [-0.3, -0.25) is 0 Å². The minimum Gasteiger partial charge on any atom is -0.482 e. The maximum atomic E-state index is 11.6. The first-order chi connectivity index (χ1) is 13.6. The van der Waals surface area contributed by atoms with Crippen LogP contribution in [-0.4, -0.2) is 36.9 Å². The summed E-state index contributed by atoms with van der Waals surface area (Å²) in [6.07, 6.45) is 2.08. The molecule has 150 valence electrons. The fourth-order valence-electron chi connectivity index (χ4n) is 3.51. The zero-order valence-electron chi connectivity index (χ0n) is 16.0. The third-order valence-electron chi connectivity index (χ3n) is 4.93. The summed E-state index contributed by atoms with van der Waals surface area (Å²) in [5.74, 6) is 0.364. The molecule has 2 aromatic carbocycles. The van der Waals surface area contributed by atoms with E-state index < -0.39 is 6.10 Å². The number of hydrogen-bond acceptors (Lipinski definition) is 5. The highest BCUT2D eigenvalue weighted by molar-refractivity contribution is 6.30. The molecule has 0 saturated heterocycles. The van der Waals surface area contributed by atoms with Crippen LogP contribution in [0.15, 0.2) is 42.5 Å². The zero-order chi connectivity index (χ0) is 19.9. The molecule has 2 atom stereocenters. The molecular formula is C22H26ClNO4. The van der Waals surface area contributed by atoms with Crippen molar-refractivity contribution < 1.29 is 19.4 Å². The fourth-order valence-corrected chi connectivity index (χ4v) is 3.71. The van der Waals surface area contributed by atoms with Crippen molar-refractivity contribution in [3.63, 3.8) is 0 Å². The molecule has 0 unspecified atom stereocenters. The van der Waals surface area contributed by atoms with Gasteiger partial charge in [-0.25, -0.2) is 4.79 Å². The maximum absolute atomic E-state index is 11.6. The van der Waals surface area contributed by atoms with E-state index in [1.165, 1.54) is 5.56 Å². The van der Waals surface area contributed by atoms with Crippen LogP contribution >= 0.6 is 11.6 Å². The fraction of sp³-hybridized carbons (Fsp3) is 0.409. The van der Waals surface area contributed by atoms with Gasteiger partial charge in [-0.05, 0) is 61.1 Å². The number of benzene rings is 2. The monoisotopic (exact) mass is 403 g/mol. The molecule has 1 aliphatic carbocycles. The predicted octanol–water partition coefficient (Wildman–Crippen LogP) is 3.46. The molecule has 0 heterocycles. The smallest absolute Gasteiger partial charge is 0.344 e. The Labute approximate surface area is 170 Å². The van der Waals surface area contributed by atoms with Crippen molar-refractivity contribution in [1.82, 2.24) is 5.32 Å². The second-order valence-electron chi connectivity index (χ2n) is 6.91. The predicted molar refractivity (Wildman–Crippen MR) is 109 cm³/mol. The number of ether oxygens (including phenoxy) is 2. The Morgan fingerprint density at radius 2 is 2.14 bits per heavy atom. The molecule has 5 nitrogen and oxygen atoms in total. The van der Waals surface area contributed by atoms with Crippen molar-refractivity contribution >= 4 is 17.6 Å². The Balaban J connectivity index is 1.59. The van der Waals surface area contributed by atoms with Gasteiger partial charge in [0.2, 0.25) is 0 Å². The lowest BCUT2D eigenvalue weighted by Crippen LogP contribution is -2.37. The van der Waals surface area contributed by atoms with Crippen LogP contribution in [0.1, 0.15) is 36.1 Å². The van der Waals surface area contributed by atoms with Gasteiger partial charge in [0.1, 0.15) is 5.75 Å². The number of esters is 1. The zero-order valence-corrected chi connectivity index (χ0v) is 16.7. The number of aliphatic hydroxyl groups is 1.